The van der Waals surface area contributed by atoms with E-state index in [9.17, 15) is 24.8 Å². The van der Waals surface area contributed by atoms with Crippen LogP contribution in [0.25, 0.3) is 10.9 Å². The third-order valence-corrected chi connectivity index (χ3v) is 8.04. The van der Waals surface area contributed by atoms with Crippen LogP contribution in [0.1, 0.15) is 41.7 Å². The van der Waals surface area contributed by atoms with Crippen molar-refractivity contribution >= 4 is 34.5 Å². The number of carbonyl (C=O) groups is 1. The van der Waals surface area contributed by atoms with Gasteiger partial charge in [0.15, 0.2) is 12.0 Å². The van der Waals surface area contributed by atoms with Gasteiger partial charge in [0.2, 0.25) is 5.43 Å². The third-order valence-electron chi connectivity index (χ3n) is 8.04. The molecule has 1 aliphatic carbocycles. The molecule has 39 heavy (non-hydrogen) atoms. The molecule has 0 bridgehead atoms. The van der Waals surface area contributed by atoms with Gasteiger partial charge in [0.1, 0.15) is 17.1 Å². The van der Waals surface area contributed by atoms with Crippen LogP contribution in [0.3, 0.4) is 0 Å². The Bertz CT molecular complexity index is 1630. The molecular weight excluding hydrogens is 514 g/mol. The average Bonchev–Trinajstić information content (AvgIpc) is 3.61. The van der Waals surface area contributed by atoms with E-state index in [1.165, 1.54) is 22.9 Å². The number of non-ortho nitro benzene ring substituents is 1. The van der Waals surface area contributed by atoms with Crippen molar-refractivity contribution in [2.75, 3.05) is 24.6 Å². The summed E-state index contributed by atoms with van der Waals surface area (Å²) in [6.45, 7) is 2.75. The maximum absolute atomic E-state index is 16.1. The normalized spacial score (nSPS) is 24.5. The van der Waals surface area contributed by atoms with E-state index >= 15 is 8.78 Å². The molecule has 3 aromatic rings. The number of hydrogen-bond acceptors (Lipinski definition) is 7. The zero-order chi connectivity index (χ0) is 27.6. The highest BCUT2D eigenvalue weighted by atomic mass is 19.1. The molecule has 12 heteroatoms. The number of carboxylic acids is 1. The van der Waals surface area contributed by atoms with Crippen LogP contribution in [-0.4, -0.2) is 52.7 Å². The second-order valence-corrected chi connectivity index (χ2v) is 10.6. The van der Waals surface area contributed by atoms with Gasteiger partial charge in [-0.15, -0.1) is 0 Å². The molecule has 0 amide bonds. The summed E-state index contributed by atoms with van der Waals surface area (Å²) in [6.07, 6.45) is 3.42. The van der Waals surface area contributed by atoms with Crippen LogP contribution in [0.15, 0.2) is 46.3 Å². The van der Waals surface area contributed by atoms with Crippen molar-refractivity contribution in [2.24, 2.45) is 16.3 Å². The van der Waals surface area contributed by atoms with Gasteiger partial charge in [-0.1, -0.05) is 19.1 Å². The topological polar surface area (TPSA) is 127 Å². The summed E-state index contributed by atoms with van der Waals surface area (Å²) in [5, 5.41) is 20.2. The molecule has 3 fully saturated rings. The van der Waals surface area contributed by atoms with E-state index in [1.807, 2.05) is 6.92 Å². The fourth-order valence-electron chi connectivity index (χ4n) is 5.77. The summed E-state index contributed by atoms with van der Waals surface area (Å²) < 4.78 is 38.9. The number of aliphatic imine (C=N–C) groups is 1. The highest BCUT2D eigenvalue weighted by molar-refractivity contribution is 5.94. The summed E-state index contributed by atoms with van der Waals surface area (Å²) in [6, 6.07) is 6.80. The van der Waals surface area contributed by atoms with Gasteiger partial charge in [0, 0.05) is 55.0 Å². The SMILES string of the molecule is CC12CN(c3c(F)cc4c(=O)c(C(=O)O)cn(C5CC5)c4c3F)CC1COC2N=Cc1cccc([N+](=O)[O-])c1. The molecule has 1 aromatic heterocycles. The Morgan fingerprint density at radius 2 is 2.08 bits per heavy atom. The number of halogens is 2. The molecule has 0 radical (unpaired) electrons. The number of aromatic carboxylic acids is 1. The average molecular weight is 539 g/mol. The van der Waals surface area contributed by atoms with E-state index in [2.05, 4.69) is 4.99 Å². The smallest absolute Gasteiger partial charge is 0.341 e. The van der Waals surface area contributed by atoms with Crippen LogP contribution in [0.2, 0.25) is 0 Å². The molecule has 3 heterocycles. The van der Waals surface area contributed by atoms with E-state index in [0.29, 0.717) is 31.6 Å². The fraction of sp³-hybridized carbons (Fsp3) is 0.370. The summed E-state index contributed by atoms with van der Waals surface area (Å²) in [5.74, 6) is -3.38. The number of nitro groups is 1. The first kappa shape index (κ1) is 25.1. The van der Waals surface area contributed by atoms with Gasteiger partial charge in [0.05, 0.1) is 22.4 Å². The number of carboxylic acid groups (broad SMARTS) is 1. The van der Waals surface area contributed by atoms with Crippen LogP contribution < -0.4 is 10.3 Å². The Hall–Kier alpha value is -4.19. The molecule has 2 aliphatic heterocycles. The predicted molar refractivity (Wildman–Crippen MR) is 138 cm³/mol. The number of benzene rings is 2. The molecule has 3 unspecified atom stereocenters. The van der Waals surface area contributed by atoms with Gasteiger partial charge < -0.3 is 19.3 Å². The molecular formula is C27H24F2N4O6. The number of rotatable bonds is 6. The molecule has 202 valence electrons. The molecule has 1 saturated carbocycles. The van der Waals surface area contributed by atoms with Crippen LogP contribution in [-0.2, 0) is 4.74 Å². The Labute approximate surface area is 220 Å². The summed E-state index contributed by atoms with van der Waals surface area (Å²) in [4.78, 5) is 41.1. The number of anilines is 1. The van der Waals surface area contributed by atoms with Crippen molar-refractivity contribution in [1.82, 2.24) is 4.57 Å². The molecule has 0 spiro atoms. The number of pyridine rings is 1. The Balaban J connectivity index is 1.35. The molecule has 3 aliphatic rings. The van der Waals surface area contributed by atoms with Crippen molar-refractivity contribution in [3.05, 3.63) is 79.6 Å². The lowest BCUT2D eigenvalue weighted by Crippen LogP contribution is -2.34. The molecule has 3 atom stereocenters. The predicted octanol–water partition coefficient (Wildman–Crippen LogP) is 4.14. The Morgan fingerprint density at radius 3 is 2.77 bits per heavy atom. The molecule has 6 rings (SSSR count). The van der Waals surface area contributed by atoms with E-state index in [4.69, 9.17) is 4.74 Å². The van der Waals surface area contributed by atoms with Crippen LogP contribution in [0, 0.1) is 33.1 Å². The fourth-order valence-corrected chi connectivity index (χ4v) is 5.77. The number of hydrogen-bond donors (Lipinski definition) is 1. The molecule has 2 saturated heterocycles. The standard InChI is InChI=1S/C27H24F2N4O6/c1-27-13-31(10-15(27)12-39-26(27)30-9-14-3-2-4-17(7-14)33(37)38)23-20(28)8-18-22(21(23)29)32(16-5-6-16)11-19(24(18)34)25(35)36/h2-4,7-9,11,15-16,26H,5-6,10,12-13H2,1H3,(H,35,36). The quantitative estimate of drug-likeness (QED) is 0.284. The highest BCUT2D eigenvalue weighted by Crippen LogP contribution is 2.48. The Kier molecular flexibility index (Phi) is 5.75. The number of fused-ring (bicyclic) bond motifs is 2. The largest absolute Gasteiger partial charge is 0.477 e. The molecule has 2 aromatic carbocycles. The summed E-state index contributed by atoms with van der Waals surface area (Å²) in [7, 11) is 0. The van der Waals surface area contributed by atoms with Gasteiger partial charge in [-0.2, -0.15) is 0 Å². The zero-order valence-electron chi connectivity index (χ0n) is 20.8. The maximum atomic E-state index is 16.1. The lowest BCUT2D eigenvalue weighted by atomic mass is 9.81. The van der Waals surface area contributed by atoms with E-state index in [1.54, 1.807) is 17.0 Å². The van der Waals surface area contributed by atoms with Gasteiger partial charge in [-0.3, -0.25) is 19.9 Å². The van der Waals surface area contributed by atoms with Gasteiger partial charge >= 0.3 is 5.97 Å². The minimum Gasteiger partial charge on any atom is -0.477 e. The number of ether oxygens (including phenoxy) is 1. The monoisotopic (exact) mass is 538 g/mol. The number of aromatic nitrogens is 1. The van der Waals surface area contributed by atoms with Crippen molar-refractivity contribution in [2.45, 2.75) is 32.0 Å². The zero-order valence-corrected chi connectivity index (χ0v) is 20.8. The van der Waals surface area contributed by atoms with Crippen molar-refractivity contribution in [3.8, 4) is 0 Å². The van der Waals surface area contributed by atoms with Gasteiger partial charge in [0.25, 0.3) is 5.69 Å². The second kappa shape index (κ2) is 8.94. The maximum Gasteiger partial charge on any atom is 0.341 e. The van der Waals surface area contributed by atoms with Crippen molar-refractivity contribution in [3.63, 3.8) is 0 Å². The van der Waals surface area contributed by atoms with Gasteiger partial charge in [-0.25, -0.2) is 13.6 Å². The lowest BCUT2D eigenvalue weighted by Gasteiger charge is -2.28. The third kappa shape index (κ3) is 4.06. The first-order valence-corrected chi connectivity index (χ1v) is 12.5. The van der Waals surface area contributed by atoms with Gasteiger partial charge in [-0.05, 0) is 24.5 Å². The van der Waals surface area contributed by atoms with Crippen LogP contribution in [0.4, 0.5) is 20.2 Å². The number of nitro benzene ring substituents is 1. The van der Waals surface area contributed by atoms with E-state index in [0.717, 1.165) is 12.3 Å². The first-order chi connectivity index (χ1) is 18.6. The Morgan fingerprint density at radius 1 is 1.31 bits per heavy atom. The first-order valence-electron chi connectivity index (χ1n) is 12.5. The second-order valence-electron chi connectivity index (χ2n) is 10.6. The highest BCUT2D eigenvalue weighted by Gasteiger charge is 2.54. The van der Waals surface area contributed by atoms with E-state index in [-0.39, 0.29) is 40.8 Å². The van der Waals surface area contributed by atoms with Crippen LogP contribution >= 0.6 is 0 Å². The minimum atomic E-state index is -1.45. The van der Waals surface area contributed by atoms with E-state index < -0.39 is 45.2 Å². The number of nitrogens with zero attached hydrogens (tertiary/aromatic N) is 4. The molecule has 1 N–H and O–H groups in total. The summed E-state index contributed by atoms with van der Waals surface area (Å²) in [5.41, 5.74) is -1.95. The summed E-state index contributed by atoms with van der Waals surface area (Å²) >= 11 is 0. The van der Waals surface area contributed by atoms with Crippen LogP contribution in [0.5, 0.6) is 0 Å². The molecule has 10 nitrogen and oxygen atoms in total. The van der Waals surface area contributed by atoms with Crippen molar-refractivity contribution in [1.29, 1.82) is 0 Å². The lowest BCUT2D eigenvalue weighted by molar-refractivity contribution is -0.384. The van der Waals surface area contributed by atoms with Crippen molar-refractivity contribution < 1.29 is 28.3 Å². The minimum absolute atomic E-state index is 0.0650.